The van der Waals surface area contributed by atoms with Crippen LogP contribution in [0.4, 0.5) is 5.13 Å². The van der Waals surface area contributed by atoms with E-state index in [9.17, 15) is 14.4 Å². The van der Waals surface area contributed by atoms with Gasteiger partial charge in [-0.15, -0.1) is 0 Å². The molecular weight excluding hydrogens is 402 g/mol. The Kier molecular flexibility index (Phi) is 5.50. The van der Waals surface area contributed by atoms with Crippen LogP contribution in [0.25, 0.3) is 10.2 Å². The number of imide groups is 1. The van der Waals surface area contributed by atoms with Gasteiger partial charge in [-0.3, -0.25) is 19.3 Å². The number of benzene rings is 2. The van der Waals surface area contributed by atoms with Gasteiger partial charge in [0.15, 0.2) is 5.13 Å². The van der Waals surface area contributed by atoms with Gasteiger partial charge < -0.3 is 10.1 Å². The summed E-state index contributed by atoms with van der Waals surface area (Å²) in [4.78, 5) is 43.3. The third-order valence-corrected chi connectivity index (χ3v) is 5.88. The monoisotopic (exact) mass is 423 g/mol. The number of hydrogen-bond acceptors (Lipinski definition) is 6. The summed E-state index contributed by atoms with van der Waals surface area (Å²) < 4.78 is 6.60. The van der Waals surface area contributed by atoms with Gasteiger partial charge in [-0.05, 0) is 43.7 Å². The van der Waals surface area contributed by atoms with Crippen LogP contribution in [0.1, 0.15) is 47.4 Å². The summed E-state index contributed by atoms with van der Waals surface area (Å²) in [6.45, 7) is 4.29. The first-order valence-electron chi connectivity index (χ1n) is 9.80. The third-order valence-electron chi connectivity index (χ3n) is 4.95. The first kappa shape index (κ1) is 20.0. The minimum Gasteiger partial charge on any atom is -0.494 e. The van der Waals surface area contributed by atoms with Crippen molar-refractivity contribution in [1.29, 1.82) is 0 Å². The van der Waals surface area contributed by atoms with E-state index in [1.165, 1.54) is 18.3 Å². The van der Waals surface area contributed by atoms with Crippen molar-refractivity contribution in [3.63, 3.8) is 0 Å². The Morgan fingerprint density at radius 1 is 1.17 bits per heavy atom. The number of ether oxygens (including phenoxy) is 1. The van der Waals surface area contributed by atoms with E-state index in [0.717, 1.165) is 33.7 Å². The fourth-order valence-electron chi connectivity index (χ4n) is 3.27. The Morgan fingerprint density at radius 3 is 2.53 bits per heavy atom. The summed E-state index contributed by atoms with van der Waals surface area (Å²) in [6.07, 6.45) is 2.04. The van der Waals surface area contributed by atoms with Gasteiger partial charge in [0.1, 0.15) is 11.8 Å². The van der Waals surface area contributed by atoms with Crippen LogP contribution in [0.15, 0.2) is 42.5 Å². The number of rotatable bonds is 7. The summed E-state index contributed by atoms with van der Waals surface area (Å²) in [5.41, 5.74) is 1.38. The molecule has 0 spiro atoms. The van der Waals surface area contributed by atoms with E-state index in [4.69, 9.17) is 4.74 Å². The number of fused-ring (bicyclic) bond motifs is 2. The third kappa shape index (κ3) is 3.66. The van der Waals surface area contributed by atoms with Crippen LogP contribution in [-0.4, -0.2) is 40.3 Å². The Balaban J connectivity index is 1.48. The summed E-state index contributed by atoms with van der Waals surface area (Å²) in [5.74, 6) is -0.632. The summed E-state index contributed by atoms with van der Waals surface area (Å²) in [5, 5.41) is 3.14. The largest absolute Gasteiger partial charge is 0.494 e. The molecule has 1 aliphatic rings. The molecule has 0 aliphatic carbocycles. The lowest BCUT2D eigenvalue weighted by atomic mass is 10.1. The predicted octanol–water partition coefficient (Wildman–Crippen LogP) is 4.10. The molecule has 8 heteroatoms. The van der Waals surface area contributed by atoms with E-state index in [2.05, 4.69) is 17.2 Å². The first-order valence-corrected chi connectivity index (χ1v) is 10.6. The van der Waals surface area contributed by atoms with E-state index >= 15 is 0 Å². The highest BCUT2D eigenvalue weighted by Gasteiger charge is 2.40. The van der Waals surface area contributed by atoms with Crippen molar-refractivity contribution in [3.05, 3.63) is 53.6 Å². The lowest BCUT2D eigenvalue weighted by Crippen LogP contribution is -2.45. The number of nitrogens with one attached hydrogen (secondary N) is 1. The van der Waals surface area contributed by atoms with Crippen molar-refractivity contribution >= 4 is 44.4 Å². The lowest BCUT2D eigenvalue weighted by molar-refractivity contribution is -0.119. The number of hydrogen-bond donors (Lipinski definition) is 1. The zero-order valence-electron chi connectivity index (χ0n) is 16.7. The molecule has 30 heavy (non-hydrogen) atoms. The summed E-state index contributed by atoms with van der Waals surface area (Å²) >= 11 is 1.32. The van der Waals surface area contributed by atoms with Crippen LogP contribution in [0.5, 0.6) is 5.75 Å². The molecule has 0 saturated carbocycles. The number of carbonyl (C=O) groups excluding carboxylic acids is 3. The molecule has 3 aromatic rings. The average Bonchev–Trinajstić information content (AvgIpc) is 3.25. The second-order valence-corrected chi connectivity index (χ2v) is 8.07. The molecule has 0 fully saturated rings. The molecule has 0 bridgehead atoms. The molecule has 1 aliphatic heterocycles. The molecule has 154 valence electrons. The fraction of sp³-hybridized carbons (Fsp3) is 0.273. The number of anilines is 1. The van der Waals surface area contributed by atoms with Gasteiger partial charge in [0, 0.05) is 0 Å². The lowest BCUT2D eigenvalue weighted by Gasteiger charge is -2.21. The zero-order valence-corrected chi connectivity index (χ0v) is 17.5. The maximum Gasteiger partial charge on any atom is 0.262 e. The highest BCUT2D eigenvalue weighted by Crippen LogP contribution is 2.30. The molecule has 0 saturated heterocycles. The fourth-order valence-corrected chi connectivity index (χ4v) is 4.17. The van der Waals surface area contributed by atoms with Crippen LogP contribution in [0, 0.1) is 0 Å². The number of unbranched alkanes of at least 4 members (excludes halogenated alkanes) is 1. The highest BCUT2D eigenvalue weighted by atomic mass is 32.1. The van der Waals surface area contributed by atoms with Crippen molar-refractivity contribution < 1.29 is 19.1 Å². The normalized spacial score (nSPS) is 14.1. The molecule has 7 nitrogen and oxygen atoms in total. The maximum atomic E-state index is 12.7. The minimum absolute atomic E-state index is 0.317. The summed E-state index contributed by atoms with van der Waals surface area (Å²) in [6, 6.07) is 11.2. The molecule has 0 radical (unpaired) electrons. The van der Waals surface area contributed by atoms with E-state index in [0.29, 0.717) is 22.9 Å². The number of thiazole rings is 1. The van der Waals surface area contributed by atoms with Crippen LogP contribution in [-0.2, 0) is 4.79 Å². The van der Waals surface area contributed by atoms with E-state index in [1.54, 1.807) is 24.3 Å². The zero-order chi connectivity index (χ0) is 21.3. The van der Waals surface area contributed by atoms with Crippen LogP contribution in [0.2, 0.25) is 0 Å². The van der Waals surface area contributed by atoms with E-state index in [1.807, 2.05) is 18.2 Å². The van der Waals surface area contributed by atoms with Gasteiger partial charge in [-0.1, -0.05) is 36.8 Å². The highest BCUT2D eigenvalue weighted by molar-refractivity contribution is 7.22. The van der Waals surface area contributed by atoms with Gasteiger partial charge in [-0.2, -0.15) is 0 Å². The molecule has 1 aromatic heterocycles. The predicted molar refractivity (Wildman–Crippen MR) is 115 cm³/mol. The minimum atomic E-state index is -0.961. The van der Waals surface area contributed by atoms with E-state index in [-0.39, 0.29) is 0 Å². The second-order valence-electron chi connectivity index (χ2n) is 7.04. The number of aromatic nitrogens is 1. The number of carbonyl (C=O) groups is 3. The van der Waals surface area contributed by atoms with Crippen molar-refractivity contribution in [2.24, 2.45) is 0 Å². The van der Waals surface area contributed by atoms with Crippen LogP contribution in [0.3, 0.4) is 0 Å². The molecule has 2 heterocycles. The smallest absolute Gasteiger partial charge is 0.262 e. The standard InChI is InChI=1S/C22H21N3O4S/c1-3-4-11-29-14-9-10-17-18(12-14)30-22(23-17)24-19(26)13(2)25-20(27)15-7-5-6-8-16(15)21(25)28/h5-10,12-13H,3-4,11H2,1-2H3,(H,23,24,26). The topological polar surface area (TPSA) is 88.6 Å². The van der Waals surface area contributed by atoms with Crippen molar-refractivity contribution in [2.75, 3.05) is 11.9 Å². The van der Waals surface area contributed by atoms with Gasteiger partial charge in [0.05, 0.1) is 28.0 Å². The molecule has 4 rings (SSSR count). The van der Waals surface area contributed by atoms with Gasteiger partial charge in [-0.25, -0.2) is 4.98 Å². The Hall–Kier alpha value is -3.26. The molecular formula is C22H21N3O4S. The second kappa shape index (κ2) is 8.23. The van der Waals surface area contributed by atoms with Crippen molar-refractivity contribution in [1.82, 2.24) is 9.88 Å². The molecule has 1 atom stereocenters. The SMILES string of the molecule is CCCCOc1ccc2nc(NC(=O)C(C)N3C(=O)c4ccccc4C3=O)sc2c1. The van der Waals surface area contributed by atoms with Gasteiger partial charge in [0.2, 0.25) is 5.91 Å². The van der Waals surface area contributed by atoms with Gasteiger partial charge >= 0.3 is 0 Å². The van der Waals surface area contributed by atoms with Crippen molar-refractivity contribution in [2.45, 2.75) is 32.7 Å². The number of nitrogens with zero attached hydrogens (tertiary/aromatic N) is 2. The number of amides is 3. The summed E-state index contributed by atoms with van der Waals surface area (Å²) in [7, 11) is 0. The van der Waals surface area contributed by atoms with Gasteiger partial charge in [0.25, 0.3) is 11.8 Å². The molecule has 1 N–H and O–H groups in total. The Morgan fingerprint density at radius 2 is 1.87 bits per heavy atom. The van der Waals surface area contributed by atoms with Crippen LogP contribution >= 0.6 is 11.3 Å². The molecule has 3 amide bonds. The molecule has 1 unspecified atom stereocenters. The average molecular weight is 423 g/mol. The molecule has 2 aromatic carbocycles. The maximum absolute atomic E-state index is 12.7. The van der Waals surface area contributed by atoms with Crippen LogP contribution < -0.4 is 10.1 Å². The quantitative estimate of drug-likeness (QED) is 0.457. The van der Waals surface area contributed by atoms with Crippen molar-refractivity contribution in [3.8, 4) is 5.75 Å². The Bertz CT molecular complexity index is 1110. The first-order chi connectivity index (χ1) is 14.5. The Labute approximate surface area is 177 Å². The van der Waals surface area contributed by atoms with E-state index < -0.39 is 23.8 Å².